The van der Waals surface area contributed by atoms with Crippen molar-refractivity contribution < 1.29 is 9.59 Å². The minimum Gasteiger partial charge on any atom is -0.374 e. The monoisotopic (exact) mass is 206 g/mol. The fraction of sp³-hybridized carbons (Fsp3) is 0.273. The normalized spacial score (nSPS) is 21.2. The highest BCUT2D eigenvalue weighted by Gasteiger charge is 2.25. The molecule has 0 aromatic rings. The molecule has 0 spiro atoms. The van der Waals surface area contributed by atoms with Crippen LogP contribution in [0.4, 0.5) is 0 Å². The summed E-state index contributed by atoms with van der Waals surface area (Å²) in [6, 6.07) is -0.371. The van der Waals surface area contributed by atoms with Gasteiger partial charge < -0.3 is 5.32 Å². The first-order valence-electron chi connectivity index (χ1n) is 4.71. The molecule has 0 aromatic carbocycles. The Bertz CT molecular complexity index is 331. The van der Waals surface area contributed by atoms with Crippen molar-refractivity contribution in [2.45, 2.75) is 18.9 Å². The number of amides is 2. The third-order valence-corrected chi connectivity index (χ3v) is 2.03. The van der Waals surface area contributed by atoms with E-state index >= 15 is 0 Å². The summed E-state index contributed by atoms with van der Waals surface area (Å²) in [7, 11) is 0. The van der Waals surface area contributed by atoms with Crippen LogP contribution in [0.5, 0.6) is 0 Å². The van der Waals surface area contributed by atoms with Gasteiger partial charge in [-0.15, -0.1) is 0 Å². The van der Waals surface area contributed by atoms with Gasteiger partial charge in [-0.2, -0.15) is 0 Å². The van der Waals surface area contributed by atoms with E-state index in [1.54, 1.807) is 18.2 Å². The van der Waals surface area contributed by atoms with Crippen LogP contribution in [0.15, 0.2) is 37.1 Å². The van der Waals surface area contributed by atoms with Gasteiger partial charge in [0.25, 0.3) is 0 Å². The predicted octanol–water partition coefficient (Wildman–Crippen LogP) is 0.637. The van der Waals surface area contributed by atoms with Gasteiger partial charge in [-0.3, -0.25) is 14.9 Å². The van der Waals surface area contributed by atoms with E-state index in [0.717, 1.165) is 0 Å². The van der Waals surface area contributed by atoms with Crippen LogP contribution in [0.1, 0.15) is 12.8 Å². The summed E-state index contributed by atoms with van der Waals surface area (Å²) in [6.07, 6.45) is 5.93. The molecule has 0 aromatic heterocycles. The maximum absolute atomic E-state index is 11.3. The molecule has 4 nitrogen and oxygen atoms in total. The summed E-state index contributed by atoms with van der Waals surface area (Å²) in [6.45, 7) is 7.25. The van der Waals surface area contributed by atoms with Crippen molar-refractivity contribution >= 4 is 11.8 Å². The van der Waals surface area contributed by atoms with Crippen molar-refractivity contribution in [3.8, 4) is 0 Å². The Balaban J connectivity index is 2.48. The Morgan fingerprint density at radius 3 is 2.87 bits per heavy atom. The second-order valence-electron chi connectivity index (χ2n) is 3.27. The van der Waals surface area contributed by atoms with E-state index in [4.69, 9.17) is 0 Å². The number of imide groups is 1. The van der Waals surface area contributed by atoms with Crippen LogP contribution in [0, 0.1) is 0 Å². The topological polar surface area (TPSA) is 58.2 Å². The summed E-state index contributed by atoms with van der Waals surface area (Å²) in [5.74, 6) is -0.510. The quantitative estimate of drug-likeness (QED) is 0.524. The van der Waals surface area contributed by atoms with E-state index in [0.29, 0.717) is 18.5 Å². The second-order valence-corrected chi connectivity index (χ2v) is 3.27. The first kappa shape index (κ1) is 11.2. The van der Waals surface area contributed by atoms with E-state index in [1.807, 2.05) is 0 Å². The number of hydrogen-bond donors (Lipinski definition) is 2. The molecule has 1 saturated heterocycles. The maximum Gasteiger partial charge on any atom is 0.249 e. The van der Waals surface area contributed by atoms with Gasteiger partial charge >= 0.3 is 0 Å². The lowest BCUT2D eigenvalue weighted by Gasteiger charge is -2.22. The lowest BCUT2D eigenvalue weighted by Crippen LogP contribution is -2.50. The van der Waals surface area contributed by atoms with E-state index in [2.05, 4.69) is 23.8 Å². The summed E-state index contributed by atoms with van der Waals surface area (Å²) in [5, 5.41) is 5.20. The average Bonchev–Trinajstić information content (AvgIpc) is 2.19. The Hall–Kier alpha value is -1.84. The summed E-state index contributed by atoms with van der Waals surface area (Å²) in [4.78, 5) is 22.2. The fourth-order valence-corrected chi connectivity index (χ4v) is 1.29. The zero-order chi connectivity index (χ0) is 11.3. The Morgan fingerprint density at radius 1 is 1.53 bits per heavy atom. The van der Waals surface area contributed by atoms with Crippen LogP contribution in [0.3, 0.4) is 0 Å². The Morgan fingerprint density at radius 2 is 2.27 bits per heavy atom. The van der Waals surface area contributed by atoms with E-state index < -0.39 is 0 Å². The molecule has 0 aliphatic carbocycles. The number of piperidine rings is 1. The molecule has 1 unspecified atom stereocenters. The summed E-state index contributed by atoms with van der Waals surface area (Å²) < 4.78 is 0. The van der Waals surface area contributed by atoms with Crippen molar-refractivity contribution in [2.24, 2.45) is 0 Å². The minimum absolute atomic E-state index is 0.217. The van der Waals surface area contributed by atoms with E-state index in [9.17, 15) is 9.59 Å². The van der Waals surface area contributed by atoms with Gasteiger partial charge in [0.15, 0.2) is 0 Å². The van der Waals surface area contributed by atoms with Crippen LogP contribution < -0.4 is 10.6 Å². The highest BCUT2D eigenvalue weighted by molar-refractivity contribution is 6.00. The van der Waals surface area contributed by atoms with Crippen molar-refractivity contribution in [3.63, 3.8) is 0 Å². The highest BCUT2D eigenvalue weighted by Crippen LogP contribution is 2.06. The highest BCUT2D eigenvalue weighted by atomic mass is 16.2. The van der Waals surface area contributed by atoms with Crippen LogP contribution in [-0.2, 0) is 9.59 Å². The van der Waals surface area contributed by atoms with Crippen LogP contribution in [0.2, 0.25) is 0 Å². The summed E-state index contributed by atoms with van der Waals surface area (Å²) >= 11 is 0. The number of carbonyl (C=O) groups excluding carboxylic acids is 2. The minimum atomic E-state index is -0.371. The van der Waals surface area contributed by atoms with Crippen LogP contribution in [-0.4, -0.2) is 17.9 Å². The lowest BCUT2D eigenvalue weighted by molar-refractivity contribution is -0.134. The Kier molecular flexibility index (Phi) is 3.85. The number of hydrogen-bond acceptors (Lipinski definition) is 3. The zero-order valence-electron chi connectivity index (χ0n) is 8.45. The van der Waals surface area contributed by atoms with Gasteiger partial charge in [0.1, 0.15) is 6.04 Å². The maximum atomic E-state index is 11.3. The van der Waals surface area contributed by atoms with Crippen molar-refractivity contribution in [3.05, 3.63) is 37.1 Å². The molecule has 15 heavy (non-hydrogen) atoms. The summed E-state index contributed by atoms with van der Waals surface area (Å²) in [5.41, 5.74) is 0.629. The molecule has 2 N–H and O–H groups in total. The fourth-order valence-electron chi connectivity index (χ4n) is 1.29. The van der Waals surface area contributed by atoms with Crippen molar-refractivity contribution in [2.75, 3.05) is 0 Å². The standard InChI is InChI=1S/C11H14N2O2/c1-3-4-5-8(2)12-9-6-7-10(14)13-11(9)15/h3-5,9,12H,1-2,6-7H2,(H,13,14,15)/b5-4-. The van der Waals surface area contributed by atoms with Crippen LogP contribution in [0.25, 0.3) is 0 Å². The van der Waals surface area contributed by atoms with Gasteiger partial charge in [-0.1, -0.05) is 25.3 Å². The van der Waals surface area contributed by atoms with Gasteiger partial charge in [0.05, 0.1) is 0 Å². The molecular weight excluding hydrogens is 192 g/mol. The molecule has 1 aliphatic heterocycles. The molecule has 0 bridgehead atoms. The molecule has 1 aliphatic rings. The number of allylic oxidation sites excluding steroid dienone is 3. The van der Waals surface area contributed by atoms with Gasteiger partial charge in [0, 0.05) is 12.1 Å². The van der Waals surface area contributed by atoms with Crippen LogP contribution >= 0.6 is 0 Å². The first-order valence-corrected chi connectivity index (χ1v) is 4.71. The van der Waals surface area contributed by atoms with Gasteiger partial charge in [-0.25, -0.2) is 0 Å². The lowest BCUT2D eigenvalue weighted by atomic mass is 10.1. The molecule has 1 heterocycles. The molecule has 1 atom stereocenters. The van der Waals surface area contributed by atoms with E-state index in [1.165, 1.54) is 0 Å². The third kappa shape index (κ3) is 3.42. The predicted molar refractivity (Wildman–Crippen MR) is 57.8 cm³/mol. The number of nitrogens with one attached hydrogen (secondary N) is 2. The SMILES string of the molecule is C=C/C=C\C(=C)NC1CCC(=O)NC1=O. The molecule has 1 fully saturated rings. The molecule has 1 rings (SSSR count). The third-order valence-electron chi connectivity index (χ3n) is 2.03. The Labute approximate surface area is 88.7 Å². The second kappa shape index (κ2) is 5.14. The van der Waals surface area contributed by atoms with Crippen molar-refractivity contribution in [1.82, 2.24) is 10.6 Å². The molecule has 0 saturated carbocycles. The molecular formula is C11H14N2O2. The average molecular weight is 206 g/mol. The van der Waals surface area contributed by atoms with Gasteiger partial charge in [-0.05, 0) is 12.5 Å². The molecule has 0 radical (unpaired) electrons. The zero-order valence-corrected chi connectivity index (χ0v) is 8.45. The smallest absolute Gasteiger partial charge is 0.249 e. The first-order chi connectivity index (χ1) is 7.13. The molecule has 2 amide bonds. The number of carbonyl (C=O) groups is 2. The van der Waals surface area contributed by atoms with E-state index in [-0.39, 0.29) is 17.9 Å². The van der Waals surface area contributed by atoms with Crippen molar-refractivity contribution in [1.29, 1.82) is 0 Å². The number of rotatable bonds is 4. The largest absolute Gasteiger partial charge is 0.374 e. The molecule has 80 valence electrons. The molecule has 4 heteroatoms. The van der Waals surface area contributed by atoms with Gasteiger partial charge in [0.2, 0.25) is 11.8 Å².